The molecule has 5 nitrogen and oxygen atoms in total. The minimum absolute atomic E-state index is 0.721. The summed E-state index contributed by atoms with van der Waals surface area (Å²) in [4.78, 5) is 4.66. The van der Waals surface area contributed by atoms with E-state index in [0.717, 1.165) is 69.1 Å². The van der Waals surface area contributed by atoms with E-state index >= 15 is 0 Å². The van der Waals surface area contributed by atoms with Crippen LogP contribution in [-0.2, 0) is 11.3 Å². The van der Waals surface area contributed by atoms with Gasteiger partial charge in [-0.3, -0.25) is 4.90 Å². The molecule has 2 heterocycles. The van der Waals surface area contributed by atoms with Gasteiger partial charge in [0.1, 0.15) is 11.5 Å². The van der Waals surface area contributed by atoms with Crippen molar-refractivity contribution < 1.29 is 9.15 Å². The van der Waals surface area contributed by atoms with E-state index in [2.05, 4.69) is 22.0 Å². The summed E-state index contributed by atoms with van der Waals surface area (Å²) in [7, 11) is 0. The lowest BCUT2D eigenvalue weighted by Crippen LogP contribution is -2.45. The van der Waals surface area contributed by atoms with Gasteiger partial charge in [0, 0.05) is 32.7 Å². The first-order valence-corrected chi connectivity index (χ1v) is 9.98. The van der Waals surface area contributed by atoms with Crippen LogP contribution in [0.2, 0.25) is 0 Å². The molecule has 1 saturated heterocycles. The molecular formula is C19H33N3O2S. The van der Waals surface area contributed by atoms with Crippen molar-refractivity contribution in [1.29, 1.82) is 0 Å². The van der Waals surface area contributed by atoms with Gasteiger partial charge < -0.3 is 19.4 Å². The highest BCUT2D eigenvalue weighted by molar-refractivity contribution is 7.80. The molecule has 0 bridgehead atoms. The number of thiocarbonyl (C=S) groups is 1. The summed E-state index contributed by atoms with van der Waals surface area (Å²) in [6.45, 7) is 11.5. The lowest BCUT2D eigenvalue weighted by molar-refractivity contribution is 0.0355. The van der Waals surface area contributed by atoms with Gasteiger partial charge in [0.05, 0.1) is 19.8 Å². The molecule has 1 aliphatic rings. The molecule has 25 heavy (non-hydrogen) atoms. The van der Waals surface area contributed by atoms with Crippen LogP contribution in [0.4, 0.5) is 0 Å². The fourth-order valence-electron chi connectivity index (χ4n) is 2.96. The van der Waals surface area contributed by atoms with Crippen molar-refractivity contribution in [3.63, 3.8) is 0 Å². The van der Waals surface area contributed by atoms with Gasteiger partial charge in [0.25, 0.3) is 0 Å². The smallest absolute Gasteiger partial charge is 0.169 e. The summed E-state index contributed by atoms with van der Waals surface area (Å²) in [5.41, 5.74) is 0. The first-order chi connectivity index (χ1) is 12.2. The van der Waals surface area contributed by atoms with E-state index in [4.69, 9.17) is 21.4 Å². The quantitative estimate of drug-likeness (QED) is 0.506. The Labute approximate surface area is 157 Å². The fraction of sp³-hybridized carbons (Fsp3) is 0.737. The second-order valence-corrected chi connectivity index (χ2v) is 7.07. The first-order valence-electron chi connectivity index (χ1n) is 9.57. The number of nitrogens with one attached hydrogen (secondary N) is 1. The Hall–Kier alpha value is -1.11. The average molecular weight is 368 g/mol. The third-order valence-corrected chi connectivity index (χ3v) is 4.93. The molecule has 142 valence electrons. The van der Waals surface area contributed by atoms with Gasteiger partial charge in [-0.1, -0.05) is 26.2 Å². The highest BCUT2D eigenvalue weighted by atomic mass is 32.1. The van der Waals surface area contributed by atoms with E-state index in [0.29, 0.717) is 0 Å². The minimum atomic E-state index is 0.721. The van der Waals surface area contributed by atoms with E-state index in [1.165, 1.54) is 25.7 Å². The zero-order valence-electron chi connectivity index (χ0n) is 15.8. The Morgan fingerprint density at radius 1 is 1.24 bits per heavy atom. The van der Waals surface area contributed by atoms with Gasteiger partial charge in [-0.25, -0.2) is 0 Å². The van der Waals surface area contributed by atoms with Crippen LogP contribution >= 0.6 is 12.2 Å². The Balaban J connectivity index is 1.82. The van der Waals surface area contributed by atoms with E-state index < -0.39 is 0 Å². The number of unbranched alkanes of at least 4 members (excludes halogenated alkanes) is 3. The molecule has 0 aromatic carbocycles. The second-order valence-electron chi connectivity index (χ2n) is 6.68. The number of ether oxygens (including phenoxy) is 1. The molecule has 1 aromatic heterocycles. The normalized spacial score (nSPS) is 15.3. The van der Waals surface area contributed by atoms with Crippen LogP contribution in [0.1, 0.15) is 44.1 Å². The van der Waals surface area contributed by atoms with Crippen LogP contribution in [-0.4, -0.2) is 60.8 Å². The predicted octanol–water partition coefficient (Wildman–Crippen LogP) is 3.18. The van der Waals surface area contributed by atoms with Crippen LogP contribution < -0.4 is 5.32 Å². The van der Waals surface area contributed by atoms with Crippen molar-refractivity contribution in [3.05, 3.63) is 23.7 Å². The molecule has 0 saturated carbocycles. The van der Waals surface area contributed by atoms with Gasteiger partial charge in [-0.05, 0) is 37.7 Å². The molecule has 0 unspecified atom stereocenters. The number of furan rings is 1. The first kappa shape index (κ1) is 20.2. The van der Waals surface area contributed by atoms with Crippen molar-refractivity contribution >= 4 is 17.3 Å². The van der Waals surface area contributed by atoms with Crippen LogP contribution in [0.3, 0.4) is 0 Å². The Morgan fingerprint density at radius 2 is 2.04 bits per heavy atom. The van der Waals surface area contributed by atoms with E-state index in [-0.39, 0.29) is 0 Å². The molecule has 0 spiro atoms. The Bertz CT molecular complexity index is 501. The zero-order valence-corrected chi connectivity index (χ0v) is 16.6. The average Bonchev–Trinajstić information content (AvgIpc) is 3.04. The highest BCUT2D eigenvalue weighted by Gasteiger charge is 2.16. The number of nitrogens with zero attached hydrogens (tertiary/aromatic N) is 2. The largest absolute Gasteiger partial charge is 0.464 e. The molecule has 1 N–H and O–H groups in total. The van der Waals surface area contributed by atoms with Crippen molar-refractivity contribution in [2.45, 2.75) is 46.1 Å². The van der Waals surface area contributed by atoms with Crippen molar-refractivity contribution in [3.8, 4) is 0 Å². The molecule has 0 aliphatic carbocycles. The number of hydrogen-bond donors (Lipinski definition) is 1. The molecule has 0 amide bonds. The zero-order chi connectivity index (χ0) is 17.9. The molecule has 6 heteroatoms. The second kappa shape index (κ2) is 11.5. The summed E-state index contributed by atoms with van der Waals surface area (Å²) >= 11 is 5.66. The monoisotopic (exact) mass is 367 g/mol. The van der Waals surface area contributed by atoms with Crippen LogP contribution in [0.15, 0.2) is 16.5 Å². The predicted molar refractivity (Wildman–Crippen MR) is 106 cm³/mol. The van der Waals surface area contributed by atoms with Crippen LogP contribution in [0.5, 0.6) is 0 Å². The standard InChI is InChI=1S/C19H33N3O2S/c1-3-4-5-6-9-20-19(25)22(16-18-8-7-17(2)24-18)11-10-21-12-14-23-15-13-21/h7-8H,3-6,9-16H2,1-2H3,(H,20,25). The van der Waals surface area contributed by atoms with E-state index in [1.807, 2.05) is 19.1 Å². The van der Waals surface area contributed by atoms with Gasteiger partial charge in [-0.15, -0.1) is 0 Å². The van der Waals surface area contributed by atoms with Gasteiger partial charge >= 0.3 is 0 Å². The number of rotatable bonds is 10. The summed E-state index contributed by atoms with van der Waals surface area (Å²) in [5, 5.41) is 4.26. The third kappa shape index (κ3) is 7.75. The lowest BCUT2D eigenvalue weighted by Gasteiger charge is -2.31. The maximum atomic E-state index is 5.75. The van der Waals surface area contributed by atoms with Gasteiger partial charge in [-0.2, -0.15) is 0 Å². The van der Waals surface area contributed by atoms with Crippen LogP contribution in [0.25, 0.3) is 0 Å². The van der Waals surface area contributed by atoms with Gasteiger partial charge in [0.15, 0.2) is 5.11 Å². The van der Waals surface area contributed by atoms with Crippen molar-refractivity contribution in [2.24, 2.45) is 0 Å². The number of morpholine rings is 1. The van der Waals surface area contributed by atoms with Crippen LogP contribution in [0, 0.1) is 6.92 Å². The minimum Gasteiger partial charge on any atom is -0.464 e. The summed E-state index contributed by atoms with van der Waals surface area (Å²) in [6.07, 6.45) is 4.98. The van der Waals surface area contributed by atoms with E-state index in [1.54, 1.807) is 0 Å². The lowest BCUT2D eigenvalue weighted by atomic mass is 10.2. The third-order valence-electron chi connectivity index (χ3n) is 4.53. The van der Waals surface area contributed by atoms with Gasteiger partial charge in [0.2, 0.25) is 0 Å². The Morgan fingerprint density at radius 3 is 2.72 bits per heavy atom. The molecule has 1 fully saturated rings. The summed E-state index contributed by atoms with van der Waals surface area (Å²) < 4.78 is 11.2. The molecule has 0 radical (unpaired) electrons. The van der Waals surface area contributed by atoms with Crippen molar-refractivity contribution in [1.82, 2.24) is 15.1 Å². The molecule has 1 aliphatic heterocycles. The topological polar surface area (TPSA) is 40.9 Å². The molecule has 0 atom stereocenters. The summed E-state index contributed by atoms with van der Waals surface area (Å²) in [6, 6.07) is 4.05. The fourth-order valence-corrected chi connectivity index (χ4v) is 3.21. The SMILES string of the molecule is CCCCCCNC(=S)N(CCN1CCOCC1)Cc1ccc(C)o1. The summed E-state index contributed by atoms with van der Waals surface area (Å²) in [5.74, 6) is 1.91. The number of aryl methyl sites for hydroxylation is 1. The van der Waals surface area contributed by atoms with E-state index in [9.17, 15) is 0 Å². The maximum absolute atomic E-state index is 5.75. The maximum Gasteiger partial charge on any atom is 0.169 e. The Kier molecular flexibility index (Phi) is 9.29. The molecule has 2 rings (SSSR count). The molecule has 1 aromatic rings. The highest BCUT2D eigenvalue weighted by Crippen LogP contribution is 2.10. The molecular weight excluding hydrogens is 334 g/mol. The number of hydrogen-bond acceptors (Lipinski definition) is 4. The van der Waals surface area contributed by atoms with Crippen molar-refractivity contribution in [2.75, 3.05) is 45.9 Å².